The molecule has 3 aromatic rings. The molecule has 1 aliphatic rings. The van der Waals surface area contributed by atoms with Crippen molar-refractivity contribution in [3.8, 4) is 0 Å². The van der Waals surface area contributed by atoms with Crippen LogP contribution in [-0.2, 0) is 18.4 Å². The number of nitrogens with zero attached hydrogens (tertiary/aromatic N) is 4. The van der Waals surface area contributed by atoms with Gasteiger partial charge < -0.3 is 15.2 Å². The van der Waals surface area contributed by atoms with Crippen molar-refractivity contribution in [2.24, 2.45) is 7.05 Å². The van der Waals surface area contributed by atoms with Crippen molar-refractivity contribution < 1.29 is 10.0 Å². The van der Waals surface area contributed by atoms with Gasteiger partial charge in [-0.2, -0.15) is 0 Å². The number of fused-ring (bicyclic) bond motifs is 1. The number of hydrogen-bond acceptors (Lipinski definition) is 7. The van der Waals surface area contributed by atoms with Gasteiger partial charge in [-0.25, -0.2) is 20.4 Å². The van der Waals surface area contributed by atoms with Crippen molar-refractivity contribution in [1.29, 1.82) is 0 Å². The van der Waals surface area contributed by atoms with Gasteiger partial charge in [0.2, 0.25) is 0 Å². The van der Waals surface area contributed by atoms with Gasteiger partial charge in [0.15, 0.2) is 11.5 Å². The highest BCUT2D eigenvalue weighted by Crippen LogP contribution is 2.25. The highest BCUT2D eigenvalue weighted by atomic mass is 16.5. The second kappa shape index (κ2) is 9.02. The molecule has 9 heteroatoms. The molecular formula is C21H25N7O2. The number of carbonyl (C=O) groups excluding carboxylic acids is 1. The predicted octanol–water partition coefficient (Wildman–Crippen LogP) is 2.31. The number of hydroxylamine groups is 1. The summed E-state index contributed by atoms with van der Waals surface area (Å²) in [6.07, 6.45) is 8.04. The van der Waals surface area contributed by atoms with Crippen molar-refractivity contribution in [2.45, 2.75) is 31.8 Å². The van der Waals surface area contributed by atoms with Gasteiger partial charge in [0.05, 0.1) is 12.4 Å². The fourth-order valence-corrected chi connectivity index (χ4v) is 3.58. The molecule has 156 valence electrons. The first-order chi connectivity index (χ1) is 14.6. The van der Waals surface area contributed by atoms with Gasteiger partial charge in [-0.3, -0.25) is 10.0 Å². The molecule has 0 aliphatic carbocycles. The van der Waals surface area contributed by atoms with Crippen LogP contribution in [0.5, 0.6) is 0 Å². The molecule has 0 radical (unpaired) electrons. The Hall–Kier alpha value is -3.30. The molecule has 1 unspecified atom stereocenters. The summed E-state index contributed by atoms with van der Waals surface area (Å²) in [5.74, 6) is 0.935. The quantitative estimate of drug-likeness (QED) is 0.281. The molecule has 1 aromatic carbocycles. The fourth-order valence-electron chi connectivity index (χ4n) is 3.58. The summed E-state index contributed by atoms with van der Waals surface area (Å²) in [4.78, 5) is 25.2. The van der Waals surface area contributed by atoms with Crippen LogP contribution in [0.25, 0.3) is 17.2 Å². The van der Waals surface area contributed by atoms with Crippen molar-refractivity contribution in [1.82, 2.24) is 30.3 Å². The molecule has 3 heterocycles. The predicted molar refractivity (Wildman–Crippen MR) is 114 cm³/mol. The third kappa shape index (κ3) is 4.47. The SMILES string of the molecule is Cn1cnc2c(NCc3cccc(/C=C/C(=O)NO)c3)nc(C3CCCCN3)nc21. The Labute approximate surface area is 174 Å². The van der Waals surface area contributed by atoms with Gasteiger partial charge in [-0.05, 0) is 42.7 Å². The van der Waals surface area contributed by atoms with E-state index in [1.165, 1.54) is 18.9 Å². The van der Waals surface area contributed by atoms with Crippen LogP contribution in [0.15, 0.2) is 36.7 Å². The molecule has 4 rings (SSSR count). The number of carbonyl (C=O) groups is 1. The summed E-state index contributed by atoms with van der Waals surface area (Å²) in [6.45, 7) is 1.53. The first-order valence-corrected chi connectivity index (χ1v) is 10.0. The maximum Gasteiger partial charge on any atom is 0.267 e. The number of piperidine rings is 1. The minimum atomic E-state index is -0.569. The third-order valence-electron chi connectivity index (χ3n) is 5.15. The molecular weight excluding hydrogens is 382 g/mol. The number of imidazole rings is 1. The Morgan fingerprint density at radius 2 is 2.27 bits per heavy atom. The Morgan fingerprint density at radius 1 is 1.37 bits per heavy atom. The number of rotatable bonds is 6. The Balaban J connectivity index is 1.56. The number of aryl methyl sites for hydroxylation is 1. The lowest BCUT2D eigenvalue weighted by Gasteiger charge is -2.22. The zero-order valence-electron chi connectivity index (χ0n) is 16.8. The monoisotopic (exact) mass is 407 g/mol. The minimum absolute atomic E-state index is 0.157. The van der Waals surface area contributed by atoms with Crippen molar-refractivity contribution >= 4 is 29.0 Å². The first-order valence-electron chi connectivity index (χ1n) is 10.0. The van der Waals surface area contributed by atoms with E-state index < -0.39 is 5.91 Å². The lowest BCUT2D eigenvalue weighted by atomic mass is 10.0. The lowest BCUT2D eigenvalue weighted by Crippen LogP contribution is -2.28. The van der Waals surface area contributed by atoms with E-state index in [4.69, 9.17) is 15.2 Å². The van der Waals surface area contributed by atoms with E-state index in [1.807, 2.05) is 35.9 Å². The van der Waals surface area contributed by atoms with Crippen LogP contribution < -0.4 is 16.1 Å². The van der Waals surface area contributed by atoms with E-state index in [0.717, 1.165) is 41.1 Å². The maximum absolute atomic E-state index is 11.2. The number of aromatic nitrogens is 4. The van der Waals surface area contributed by atoms with Crippen LogP contribution in [0.1, 0.15) is 42.3 Å². The van der Waals surface area contributed by atoms with E-state index in [1.54, 1.807) is 17.9 Å². The zero-order valence-corrected chi connectivity index (χ0v) is 16.8. The average molecular weight is 407 g/mol. The lowest BCUT2D eigenvalue weighted by molar-refractivity contribution is -0.124. The maximum atomic E-state index is 11.2. The smallest absolute Gasteiger partial charge is 0.267 e. The molecule has 1 fully saturated rings. The van der Waals surface area contributed by atoms with Gasteiger partial charge in [0.1, 0.15) is 11.3 Å². The number of anilines is 1. The van der Waals surface area contributed by atoms with Gasteiger partial charge >= 0.3 is 0 Å². The first kappa shape index (κ1) is 20.0. The molecule has 1 saturated heterocycles. The molecule has 4 N–H and O–H groups in total. The Kier molecular flexibility index (Phi) is 6.01. The molecule has 30 heavy (non-hydrogen) atoms. The molecule has 0 saturated carbocycles. The highest BCUT2D eigenvalue weighted by molar-refractivity contribution is 5.90. The fraction of sp³-hybridized carbons (Fsp3) is 0.333. The Bertz CT molecular complexity index is 1070. The van der Waals surface area contributed by atoms with Gasteiger partial charge in [0, 0.05) is 19.7 Å². The van der Waals surface area contributed by atoms with E-state index in [-0.39, 0.29) is 6.04 Å². The second-order valence-electron chi connectivity index (χ2n) is 7.37. The molecule has 0 spiro atoms. The number of benzene rings is 1. The van der Waals surface area contributed by atoms with Crippen molar-refractivity contribution in [2.75, 3.05) is 11.9 Å². The highest BCUT2D eigenvalue weighted by Gasteiger charge is 2.21. The van der Waals surface area contributed by atoms with E-state index in [0.29, 0.717) is 12.4 Å². The summed E-state index contributed by atoms with van der Waals surface area (Å²) in [7, 11) is 1.93. The zero-order chi connectivity index (χ0) is 20.9. The molecule has 1 atom stereocenters. The third-order valence-corrected chi connectivity index (χ3v) is 5.15. The average Bonchev–Trinajstić information content (AvgIpc) is 3.17. The normalized spacial score (nSPS) is 16.8. The topological polar surface area (TPSA) is 117 Å². The van der Waals surface area contributed by atoms with Crippen LogP contribution in [0.4, 0.5) is 5.82 Å². The Morgan fingerprint density at radius 3 is 3.07 bits per heavy atom. The summed E-state index contributed by atoms with van der Waals surface area (Å²) >= 11 is 0. The molecule has 0 bridgehead atoms. The van der Waals surface area contributed by atoms with Gasteiger partial charge in [-0.15, -0.1) is 0 Å². The number of nitrogens with one attached hydrogen (secondary N) is 3. The summed E-state index contributed by atoms with van der Waals surface area (Å²) in [5, 5.41) is 15.5. The summed E-state index contributed by atoms with van der Waals surface area (Å²) in [6, 6.07) is 7.93. The minimum Gasteiger partial charge on any atom is -0.364 e. The van der Waals surface area contributed by atoms with Crippen LogP contribution in [0.3, 0.4) is 0 Å². The molecule has 1 amide bonds. The molecule has 1 aliphatic heterocycles. The standard InChI is InChI=1S/C21H25N7O2/c1-28-13-24-18-20(25-19(26-21(18)28)16-7-2-3-10-22-16)23-12-15-6-4-5-14(11-15)8-9-17(29)27-30/h4-6,8-9,11,13,16,22,30H,2-3,7,10,12H2,1H3,(H,27,29)(H,23,25,26)/b9-8+. The second-order valence-corrected chi connectivity index (χ2v) is 7.37. The molecule has 9 nitrogen and oxygen atoms in total. The van der Waals surface area contributed by atoms with Crippen LogP contribution in [-0.4, -0.2) is 37.2 Å². The van der Waals surface area contributed by atoms with Crippen molar-refractivity contribution in [3.05, 3.63) is 53.6 Å². The largest absolute Gasteiger partial charge is 0.364 e. The van der Waals surface area contributed by atoms with E-state index in [9.17, 15) is 4.79 Å². The summed E-state index contributed by atoms with van der Waals surface area (Å²) < 4.78 is 1.91. The van der Waals surface area contributed by atoms with Crippen LogP contribution >= 0.6 is 0 Å². The van der Waals surface area contributed by atoms with Crippen LogP contribution in [0.2, 0.25) is 0 Å². The number of hydrogen-bond donors (Lipinski definition) is 4. The summed E-state index contributed by atoms with van der Waals surface area (Å²) in [5.41, 5.74) is 5.02. The van der Waals surface area contributed by atoms with E-state index >= 15 is 0 Å². The van der Waals surface area contributed by atoms with Crippen LogP contribution in [0, 0.1) is 0 Å². The number of amides is 1. The van der Waals surface area contributed by atoms with E-state index in [2.05, 4.69) is 15.6 Å². The van der Waals surface area contributed by atoms with Gasteiger partial charge in [0.25, 0.3) is 5.91 Å². The molecule has 2 aromatic heterocycles. The van der Waals surface area contributed by atoms with Gasteiger partial charge in [-0.1, -0.05) is 24.6 Å². The van der Waals surface area contributed by atoms with Crippen molar-refractivity contribution in [3.63, 3.8) is 0 Å².